The lowest BCUT2D eigenvalue weighted by Crippen LogP contribution is -2.33. The maximum Gasteiger partial charge on any atom is 0.469 e. The van der Waals surface area contributed by atoms with Crippen LogP contribution in [0.5, 0.6) is 0 Å². The van der Waals surface area contributed by atoms with Crippen molar-refractivity contribution in [2.75, 3.05) is 6.61 Å². The summed E-state index contributed by atoms with van der Waals surface area (Å²) in [5.41, 5.74) is -1.12. The summed E-state index contributed by atoms with van der Waals surface area (Å²) in [6, 6.07) is 0. The lowest BCUT2D eigenvalue weighted by atomic mass is 10.1. The van der Waals surface area contributed by atoms with Crippen LogP contribution in [0.25, 0.3) is 11.2 Å². The fourth-order valence-corrected chi connectivity index (χ4v) is 2.86. The van der Waals surface area contributed by atoms with Crippen molar-refractivity contribution in [2.24, 2.45) is 0 Å². The Morgan fingerprint density at radius 3 is 2.65 bits per heavy atom. The molecule has 0 bridgehead atoms. The first-order valence-corrected chi connectivity index (χ1v) is 8.66. The highest BCUT2D eigenvalue weighted by molar-refractivity contribution is 7.46. The summed E-state index contributed by atoms with van der Waals surface area (Å²) in [5, 5.41) is 38.5. The molecule has 7 N–H and O–H groups in total. The van der Waals surface area contributed by atoms with Crippen molar-refractivity contribution in [1.29, 1.82) is 0 Å². The van der Waals surface area contributed by atoms with Crippen LogP contribution in [0.4, 0.5) is 0 Å². The molecule has 0 amide bonds. The van der Waals surface area contributed by atoms with Crippen molar-refractivity contribution in [1.82, 2.24) is 19.5 Å². The number of nitrogens with zero attached hydrogens (tertiary/aromatic N) is 3. The smallest absolute Gasteiger partial charge is 0.387 e. The van der Waals surface area contributed by atoms with E-state index < -0.39 is 56.6 Å². The van der Waals surface area contributed by atoms with Crippen molar-refractivity contribution >= 4 is 19.0 Å². The molecule has 0 aliphatic carbocycles. The third-order valence-electron chi connectivity index (χ3n) is 3.71. The van der Waals surface area contributed by atoms with Crippen molar-refractivity contribution in [2.45, 2.75) is 30.8 Å². The van der Waals surface area contributed by atoms with Gasteiger partial charge in [0.15, 0.2) is 23.2 Å². The molecule has 15 heteroatoms. The number of hydrogen-bond acceptors (Lipinski definition) is 10. The summed E-state index contributed by atoms with van der Waals surface area (Å²) in [7, 11) is -4.81. The lowest BCUT2D eigenvalue weighted by molar-refractivity contribution is -0.0522. The third-order valence-corrected chi connectivity index (χ3v) is 4.20. The molecule has 2 aromatic heterocycles. The van der Waals surface area contributed by atoms with Gasteiger partial charge < -0.3 is 39.9 Å². The Kier molecular flexibility index (Phi) is 4.96. The standard InChI is InChI=1S/C11H15N4O10P/c16-5-3(1-24-26(21,22)23)25-10(6(5)17)15-2-12-4-8(15)13-7(11(19)20)14-9(4)18/h2-3,5-6,10-11,16-17,19-20H,1H2,(H,13,14,18)(H2,21,22,23)/t3-,5-,6-,10-/m1/s1. The van der Waals surface area contributed by atoms with E-state index in [-0.39, 0.29) is 11.2 Å². The number of fused-ring (bicyclic) bond motifs is 1. The van der Waals surface area contributed by atoms with Crippen molar-refractivity contribution in [3.05, 3.63) is 22.5 Å². The Hall–Kier alpha value is -1.74. The van der Waals surface area contributed by atoms with Gasteiger partial charge in [-0.05, 0) is 0 Å². The molecule has 14 nitrogen and oxygen atoms in total. The largest absolute Gasteiger partial charge is 0.469 e. The van der Waals surface area contributed by atoms with Crippen LogP contribution >= 0.6 is 7.82 Å². The molecule has 1 aliphatic heterocycles. The normalized spacial score (nSPS) is 26.9. The first kappa shape index (κ1) is 19.0. The molecule has 144 valence electrons. The molecule has 3 heterocycles. The molecule has 1 saturated heterocycles. The van der Waals surface area contributed by atoms with Crippen LogP contribution in [-0.4, -0.2) is 74.7 Å². The van der Waals surface area contributed by atoms with Gasteiger partial charge in [-0.25, -0.2) is 14.5 Å². The first-order chi connectivity index (χ1) is 12.1. The van der Waals surface area contributed by atoms with E-state index in [9.17, 15) is 19.6 Å². The average molecular weight is 394 g/mol. The lowest BCUT2D eigenvalue weighted by Gasteiger charge is -2.16. The number of phosphoric acid groups is 1. The number of aliphatic hydroxyl groups excluding tert-OH is 3. The van der Waals surface area contributed by atoms with Gasteiger partial charge in [0, 0.05) is 0 Å². The number of H-pyrrole nitrogens is 1. The second-order valence-electron chi connectivity index (χ2n) is 5.48. The Morgan fingerprint density at radius 2 is 2.04 bits per heavy atom. The molecule has 0 aromatic carbocycles. The van der Waals surface area contributed by atoms with Crippen LogP contribution in [0.3, 0.4) is 0 Å². The van der Waals surface area contributed by atoms with E-state index >= 15 is 0 Å². The van der Waals surface area contributed by atoms with Gasteiger partial charge >= 0.3 is 7.82 Å². The minimum absolute atomic E-state index is 0.162. The van der Waals surface area contributed by atoms with Gasteiger partial charge in [0.2, 0.25) is 6.29 Å². The first-order valence-electron chi connectivity index (χ1n) is 7.13. The van der Waals surface area contributed by atoms with Gasteiger partial charge in [0.05, 0.1) is 12.9 Å². The van der Waals surface area contributed by atoms with Gasteiger partial charge in [0.1, 0.15) is 18.3 Å². The monoisotopic (exact) mass is 394 g/mol. The Bertz CT molecular complexity index is 906. The van der Waals surface area contributed by atoms with E-state index in [2.05, 4.69) is 19.5 Å². The third kappa shape index (κ3) is 3.55. The summed E-state index contributed by atoms with van der Waals surface area (Å²) in [4.78, 5) is 39.1. The van der Waals surface area contributed by atoms with Crippen molar-refractivity contribution < 1.29 is 44.0 Å². The Morgan fingerprint density at radius 1 is 1.35 bits per heavy atom. The van der Waals surface area contributed by atoms with Crippen LogP contribution in [0.1, 0.15) is 18.3 Å². The number of nitrogens with one attached hydrogen (secondary N) is 1. The molecule has 4 atom stereocenters. The molecule has 2 aromatic rings. The average Bonchev–Trinajstić information content (AvgIpc) is 3.08. The number of aromatic amines is 1. The highest BCUT2D eigenvalue weighted by Gasteiger charge is 2.45. The zero-order valence-corrected chi connectivity index (χ0v) is 13.7. The van der Waals surface area contributed by atoms with E-state index in [4.69, 9.17) is 24.7 Å². The van der Waals surface area contributed by atoms with Gasteiger partial charge in [0.25, 0.3) is 5.56 Å². The summed E-state index contributed by atoms with van der Waals surface area (Å²) in [6.45, 7) is -0.708. The van der Waals surface area contributed by atoms with E-state index in [1.807, 2.05) is 0 Å². The zero-order valence-electron chi connectivity index (χ0n) is 12.8. The van der Waals surface area contributed by atoms with Crippen molar-refractivity contribution in [3.63, 3.8) is 0 Å². The van der Waals surface area contributed by atoms with Crippen LogP contribution < -0.4 is 5.56 Å². The predicted molar refractivity (Wildman–Crippen MR) is 79.2 cm³/mol. The number of aromatic nitrogens is 4. The molecular formula is C11H15N4O10P. The fourth-order valence-electron chi connectivity index (χ4n) is 2.52. The minimum atomic E-state index is -4.81. The maximum atomic E-state index is 11.9. The number of hydrogen-bond donors (Lipinski definition) is 7. The SMILES string of the molecule is O=c1[nH]c(C(O)O)nc2c1ncn2[C@@H]1O[C@H](COP(=O)(O)O)[C@@H](O)[C@H]1O. The molecular weight excluding hydrogens is 379 g/mol. The highest BCUT2D eigenvalue weighted by Crippen LogP contribution is 2.38. The number of imidazole rings is 1. The number of phosphoric ester groups is 1. The molecule has 0 radical (unpaired) electrons. The summed E-state index contributed by atoms with van der Waals surface area (Å²) in [6.07, 6.45) is -6.73. The number of ether oxygens (including phenoxy) is 1. The fraction of sp³-hybridized carbons (Fsp3) is 0.545. The Labute approximate surface area is 143 Å². The van der Waals surface area contributed by atoms with Gasteiger partial charge in [-0.1, -0.05) is 0 Å². The number of aliphatic hydroxyl groups is 4. The van der Waals surface area contributed by atoms with E-state index in [1.54, 1.807) is 0 Å². The topological polar surface area (TPSA) is 220 Å². The molecule has 1 aliphatic rings. The maximum absolute atomic E-state index is 11.9. The summed E-state index contributed by atoms with van der Waals surface area (Å²) < 4.78 is 21.4. The second kappa shape index (κ2) is 6.77. The van der Waals surface area contributed by atoms with E-state index in [0.717, 1.165) is 10.9 Å². The summed E-state index contributed by atoms with van der Waals surface area (Å²) in [5.74, 6) is -0.473. The minimum Gasteiger partial charge on any atom is -0.387 e. The van der Waals surface area contributed by atoms with Crippen LogP contribution in [0, 0.1) is 0 Å². The van der Waals surface area contributed by atoms with Crippen molar-refractivity contribution in [3.8, 4) is 0 Å². The van der Waals surface area contributed by atoms with E-state index in [1.165, 1.54) is 0 Å². The van der Waals surface area contributed by atoms with Gasteiger partial charge in [-0.2, -0.15) is 0 Å². The molecule has 0 spiro atoms. The molecule has 0 unspecified atom stereocenters. The second-order valence-corrected chi connectivity index (χ2v) is 6.72. The van der Waals surface area contributed by atoms with E-state index in [0.29, 0.717) is 0 Å². The van der Waals surface area contributed by atoms with Gasteiger partial charge in [-0.3, -0.25) is 13.9 Å². The molecule has 0 saturated carbocycles. The quantitative estimate of drug-likeness (QED) is 0.197. The van der Waals surface area contributed by atoms with Crippen LogP contribution in [0.15, 0.2) is 11.1 Å². The Balaban J connectivity index is 1.93. The van der Waals surface area contributed by atoms with Crippen LogP contribution in [-0.2, 0) is 13.8 Å². The van der Waals surface area contributed by atoms with Gasteiger partial charge in [-0.15, -0.1) is 0 Å². The zero-order chi connectivity index (χ0) is 19.2. The molecule has 3 rings (SSSR count). The number of rotatable bonds is 5. The summed E-state index contributed by atoms with van der Waals surface area (Å²) >= 11 is 0. The molecule has 1 fully saturated rings. The van der Waals surface area contributed by atoms with Crippen LogP contribution in [0.2, 0.25) is 0 Å². The highest BCUT2D eigenvalue weighted by atomic mass is 31.2. The predicted octanol–water partition coefficient (Wildman–Crippen LogP) is -3.17. The molecule has 26 heavy (non-hydrogen) atoms.